The Bertz CT molecular complexity index is 324. The molecule has 0 aromatic heterocycles. The molecule has 0 saturated carbocycles. The molecule has 0 aromatic carbocycles. The van der Waals surface area contributed by atoms with Crippen LogP contribution in [0.4, 0.5) is 4.79 Å². The molecule has 7 heteroatoms. The van der Waals surface area contributed by atoms with Crippen molar-refractivity contribution < 1.29 is 9.59 Å². The molecule has 110 valence electrons. The number of nitrogens with two attached hydrogens (primary N) is 1. The normalized spacial score (nSPS) is 28.2. The van der Waals surface area contributed by atoms with Crippen LogP contribution in [0.3, 0.4) is 0 Å². The standard InChI is InChI=1S/C12H22N4O2.ClH/c1-9-3-2-4-15(10(9)7-13)5-6-16-11(17)8-14-12(16)18;/h9-10H,2-8,13H2,1H3,(H,14,18);1H. The minimum atomic E-state index is -0.269. The average molecular weight is 291 g/mol. The van der Waals surface area contributed by atoms with Gasteiger partial charge >= 0.3 is 6.03 Å². The molecule has 0 bridgehead atoms. The Morgan fingerprint density at radius 1 is 1.37 bits per heavy atom. The molecule has 19 heavy (non-hydrogen) atoms. The van der Waals surface area contributed by atoms with Crippen LogP contribution in [-0.4, -0.2) is 60.5 Å². The second kappa shape index (κ2) is 7.07. The summed E-state index contributed by atoms with van der Waals surface area (Å²) in [6.07, 6.45) is 2.37. The molecule has 6 nitrogen and oxygen atoms in total. The Kier molecular flexibility index (Phi) is 6.03. The Morgan fingerprint density at radius 2 is 2.11 bits per heavy atom. The molecule has 2 heterocycles. The molecular formula is C12H23ClN4O2. The van der Waals surface area contributed by atoms with E-state index in [2.05, 4.69) is 17.1 Å². The van der Waals surface area contributed by atoms with E-state index in [1.165, 1.54) is 11.3 Å². The predicted molar refractivity (Wildman–Crippen MR) is 75.2 cm³/mol. The summed E-state index contributed by atoms with van der Waals surface area (Å²) in [6.45, 7) is 5.20. The maximum Gasteiger partial charge on any atom is 0.324 e. The molecule has 0 aromatic rings. The maximum atomic E-state index is 11.5. The van der Waals surface area contributed by atoms with Crippen molar-refractivity contribution in [3.63, 3.8) is 0 Å². The highest BCUT2D eigenvalue weighted by atomic mass is 35.5. The molecular weight excluding hydrogens is 268 g/mol. The lowest BCUT2D eigenvalue weighted by Crippen LogP contribution is -2.51. The monoisotopic (exact) mass is 290 g/mol. The lowest BCUT2D eigenvalue weighted by atomic mass is 9.91. The van der Waals surface area contributed by atoms with Crippen molar-refractivity contribution in [1.29, 1.82) is 0 Å². The highest BCUT2D eigenvalue weighted by Crippen LogP contribution is 2.22. The molecule has 2 atom stereocenters. The number of piperidine rings is 1. The van der Waals surface area contributed by atoms with E-state index in [-0.39, 0.29) is 30.9 Å². The summed E-state index contributed by atoms with van der Waals surface area (Å²) < 4.78 is 0. The summed E-state index contributed by atoms with van der Waals surface area (Å²) in [5.74, 6) is 0.459. The number of hydrogen-bond acceptors (Lipinski definition) is 4. The molecule has 3 amide bonds. The number of imide groups is 1. The van der Waals surface area contributed by atoms with Crippen molar-refractivity contribution in [2.45, 2.75) is 25.8 Å². The smallest absolute Gasteiger partial charge is 0.324 e. The Hall–Kier alpha value is -0.850. The van der Waals surface area contributed by atoms with E-state index in [4.69, 9.17) is 5.73 Å². The van der Waals surface area contributed by atoms with Gasteiger partial charge in [-0.15, -0.1) is 12.4 Å². The second-order valence-electron chi connectivity index (χ2n) is 5.16. The lowest BCUT2D eigenvalue weighted by Gasteiger charge is -2.39. The van der Waals surface area contributed by atoms with Crippen LogP contribution in [-0.2, 0) is 4.79 Å². The van der Waals surface area contributed by atoms with Crippen LogP contribution in [0.2, 0.25) is 0 Å². The molecule has 2 aliphatic rings. The van der Waals surface area contributed by atoms with Gasteiger partial charge in [-0.2, -0.15) is 0 Å². The minimum absolute atomic E-state index is 0. The van der Waals surface area contributed by atoms with Crippen molar-refractivity contribution in [2.24, 2.45) is 11.7 Å². The van der Waals surface area contributed by atoms with Crippen LogP contribution in [0.15, 0.2) is 0 Å². The van der Waals surface area contributed by atoms with Crippen molar-refractivity contribution in [1.82, 2.24) is 15.1 Å². The number of nitrogens with zero attached hydrogens (tertiary/aromatic N) is 2. The quantitative estimate of drug-likeness (QED) is 0.716. The topological polar surface area (TPSA) is 78.7 Å². The summed E-state index contributed by atoms with van der Waals surface area (Å²) in [5.41, 5.74) is 5.82. The van der Waals surface area contributed by atoms with Crippen molar-refractivity contribution >= 4 is 24.3 Å². The van der Waals surface area contributed by atoms with Crippen molar-refractivity contribution in [3.8, 4) is 0 Å². The third kappa shape index (κ3) is 3.58. The summed E-state index contributed by atoms with van der Waals surface area (Å²) in [6, 6.07) is 0.105. The summed E-state index contributed by atoms with van der Waals surface area (Å²) in [4.78, 5) is 26.5. The zero-order valence-corrected chi connectivity index (χ0v) is 12.1. The Morgan fingerprint density at radius 3 is 2.68 bits per heavy atom. The van der Waals surface area contributed by atoms with Gasteiger partial charge in [0.2, 0.25) is 5.91 Å². The first-order valence-corrected chi connectivity index (χ1v) is 6.65. The number of rotatable bonds is 4. The molecule has 0 aliphatic carbocycles. The third-order valence-corrected chi connectivity index (χ3v) is 4.02. The van der Waals surface area contributed by atoms with Crippen LogP contribution >= 0.6 is 12.4 Å². The number of urea groups is 1. The van der Waals surface area contributed by atoms with E-state index in [9.17, 15) is 9.59 Å². The van der Waals surface area contributed by atoms with E-state index in [1.807, 2.05) is 0 Å². The largest absolute Gasteiger partial charge is 0.329 e. The number of likely N-dealkylation sites (tertiary alicyclic amines) is 1. The molecule has 3 N–H and O–H groups in total. The predicted octanol–water partition coefficient (Wildman–Crippen LogP) is 0.0192. The van der Waals surface area contributed by atoms with E-state index < -0.39 is 0 Å². The van der Waals surface area contributed by atoms with E-state index in [0.717, 1.165) is 19.5 Å². The van der Waals surface area contributed by atoms with Crippen molar-refractivity contribution in [3.05, 3.63) is 0 Å². The van der Waals surface area contributed by atoms with Gasteiger partial charge in [-0.3, -0.25) is 14.6 Å². The van der Waals surface area contributed by atoms with Crippen molar-refractivity contribution in [2.75, 3.05) is 32.7 Å². The SMILES string of the molecule is CC1CCCN(CCN2C(=O)CNC2=O)C1CN.Cl. The van der Waals surface area contributed by atoms with Gasteiger partial charge in [0.15, 0.2) is 0 Å². The summed E-state index contributed by atoms with van der Waals surface area (Å²) in [7, 11) is 0. The molecule has 2 unspecified atom stereocenters. The fourth-order valence-electron chi connectivity index (χ4n) is 2.90. The van der Waals surface area contributed by atoms with Gasteiger partial charge < -0.3 is 11.1 Å². The molecule has 2 saturated heterocycles. The van der Waals surface area contributed by atoms with E-state index in [1.54, 1.807) is 0 Å². The van der Waals surface area contributed by atoms with Gasteiger partial charge in [0.25, 0.3) is 0 Å². The first-order valence-electron chi connectivity index (χ1n) is 6.65. The van der Waals surface area contributed by atoms with Gasteiger partial charge in [0.1, 0.15) is 0 Å². The molecule has 2 aliphatic heterocycles. The number of halogens is 1. The highest BCUT2D eigenvalue weighted by molar-refractivity contribution is 6.01. The zero-order chi connectivity index (χ0) is 13.1. The molecule has 0 radical (unpaired) electrons. The van der Waals surface area contributed by atoms with Crippen LogP contribution in [0.1, 0.15) is 19.8 Å². The van der Waals surface area contributed by atoms with Gasteiger partial charge in [-0.1, -0.05) is 6.92 Å². The third-order valence-electron chi connectivity index (χ3n) is 4.02. The summed E-state index contributed by atoms with van der Waals surface area (Å²) >= 11 is 0. The Balaban J connectivity index is 0.00000180. The maximum absolute atomic E-state index is 11.5. The second-order valence-corrected chi connectivity index (χ2v) is 5.16. The van der Waals surface area contributed by atoms with Gasteiger partial charge in [0, 0.05) is 25.7 Å². The van der Waals surface area contributed by atoms with E-state index in [0.29, 0.717) is 25.0 Å². The fourth-order valence-corrected chi connectivity index (χ4v) is 2.90. The zero-order valence-electron chi connectivity index (χ0n) is 11.3. The van der Waals surface area contributed by atoms with Gasteiger partial charge in [-0.25, -0.2) is 4.79 Å². The first kappa shape index (κ1) is 16.2. The first-order chi connectivity index (χ1) is 8.63. The van der Waals surface area contributed by atoms with Crippen LogP contribution in [0, 0.1) is 5.92 Å². The Labute approximate surface area is 120 Å². The number of carbonyl (C=O) groups excluding carboxylic acids is 2. The van der Waals surface area contributed by atoms with Gasteiger partial charge in [0.05, 0.1) is 6.54 Å². The number of nitrogens with one attached hydrogen (secondary N) is 1. The van der Waals surface area contributed by atoms with E-state index >= 15 is 0 Å². The molecule has 2 fully saturated rings. The van der Waals surface area contributed by atoms with Crippen LogP contribution in [0.25, 0.3) is 0 Å². The fraction of sp³-hybridized carbons (Fsp3) is 0.833. The summed E-state index contributed by atoms with van der Waals surface area (Å²) in [5, 5.41) is 2.54. The average Bonchev–Trinajstić information content (AvgIpc) is 2.67. The van der Waals surface area contributed by atoms with Crippen LogP contribution in [0.5, 0.6) is 0 Å². The molecule has 0 spiro atoms. The number of hydrogen-bond donors (Lipinski definition) is 2. The highest BCUT2D eigenvalue weighted by Gasteiger charge is 2.31. The lowest BCUT2D eigenvalue weighted by molar-refractivity contribution is -0.125. The minimum Gasteiger partial charge on any atom is -0.329 e. The van der Waals surface area contributed by atoms with Gasteiger partial charge in [-0.05, 0) is 25.3 Å². The number of amides is 3. The van der Waals surface area contributed by atoms with Crippen LogP contribution < -0.4 is 11.1 Å². The number of carbonyl (C=O) groups is 2. The molecule has 2 rings (SSSR count).